The van der Waals surface area contributed by atoms with E-state index in [4.69, 9.17) is 0 Å². The van der Waals surface area contributed by atoms with Crippen LogP contribution in [-0.2, 0) is 0 Å². The molecule has 32 heavy (non-hydrogen) atoms. The van der Waals surface area contributed by atoms with Crippen LogP contribution in [0.3, 0.4) is 0 Å². The largest absolute Gasteiger partial charge is 0.392 e. The Bertz CT molecular complexity index is 1030. The number of aryl methyl sites for hydroxylation is 1. The molecule has 172 valence electrons. The predicted octanol–water partition coefficient (Wildman–Crippen LogP) is 2.85. The van der Waals surface area contributed by atoms with Crippen molar-refractivity contribution in [2.24, 2.45) is 0 Å². The number of hydrogen-bond donors (Lipinski definition) is 4. The second-order valence-corrected chi connectivity index (χ2v) is 8.76. The monoisotopic (exact) mass is 449 g/mol. The summed E-state index contributed by atoms with van der Waals surface area (Å²) in [5.74, 6) is -3.73. The zero-order valence-corrected chi connectivity index (χ0v) is 17.7. The van der Waals surface area contributed by atoms with Crippen molar-refractivity contribution in [2.75, 3.05) is 25.0 Å². The highest BCUT2D eigenvalue weighted by molar-refractivity contribution is 6.01. The average Bonchev–Trinajstić information content (AvgIpc) is 3.14. The van der Waals surface area contributed by atoms with Gasteiger partial charge in [-0.1, -0.05) is 6.07 Å². The van der Waals surface area contributed by atoms with E-state index >= 15 is 0 Å². The van der Waals surface area contributed by atoms with E-state index < -0.39 is 40.8 Å². The molecule has 1 saturated carbocycles. The number of halogens is 3. The summed E-state index contributed by atoms with van der Waals surface area (Å²) in [7, 11) is 0. The normalized spacial score (nSPS) is 22.0. The number of carbonyl (C=O) groups excluding carboxylic acids is 1. The van der Waals surface area contributed by atoms with E-state index in [0.29, 0.717) is 12.0 Å². The van der Waals surface area contributed by atoms with Crippen molar-refractivity contribution in [3.05, 3.63) is 58.9 Å². The Balaban J connectivity index is 1.48. The Morgan fingerprint density at radius 1 is 1.16 bits per heavy atom. The molecule has 4 rings (SSSR count). The molecule has 2 unspecified atom stereocenters. The van der Waals surface area contributed by atoms with E-state index in [1.165, 1.54) is 17.0 Å². The molecule has 0 bridgehead atoms. The molecule has 0 aromatic heterocycles. The predicted molar refractivity (Wildman–Crippen MR) is 113 cm³/mol. The third-order valence-corrected chi connectivity index (χ3v) is 6.14. The fourth-order valence-corrected chi connectivity index (χ4v) is 4.30. The second kappa shape index (κ2) is 8.73. The zero-order valence-electron chi connectivity index (χ0n) is 17.7. The number of amides is 1. The van der Waals surface area contributed by atoms with Crippen molar-refractivity contribution in [2.45, 2.75) is 43.9 Å². The highest BCUT2D eigenvalue weighted by Crippen LogP contribution is 2.31. The van der Waals surface area contributed by atoms with E-state index in [9.17, 15) is 28.2 Å². The summed E-state index contributed by atoms with van der Waals surface area (Å²) in [6, 6.07) is 6.12. The van der Waals surface area contributed by atoms with Gasteiger partial charge < -0.3 is 25.7 Å². The Labute approximate surface area is 184 Å². The maximum atomic E-state index is 14.6. The van der Waals surface area contributed by atoms with Gasteiger partial charge in [-0.05, 0) is 56.0 Å². The van der Waals surface area contributed by atoms with Gasteiger partial charge in [-0.3, -0.25) is 4.79 Å². The third kappa shape index (κ3) is 4.46. The number of aliphatic hydroxyl groups is 2. The van der Waals surface area contributed by atoms with Crippen molar-refractivity contribution in [3.63, 3.8) is 0 Å². The van der Waals surface area contributed by atoms with Crippen molar-refractivity contribution in [1.82, 2.24) is 10.2 Å². The second-order valence-electron chi connectivity index (χ2n) is 8.76. The Morgan fingerprint density at radius 2 is 1.91 bits per heavy atom. The molecule has 2 aromatic rings. The summed E-state index contributed by atoms with van der Waals surface area (Å²) in [6.45, 7) is 1.89. The summed E-state index contributed by atoms with van der Waals surface area (Å²) in [6.07, 6.45) is 2.00. The lowest BCUT2D eigenvalue weighted by atomic mass is 9.92. The number of anilines is 2. The molecule has 1 aliphatic carbocycles. The highest BCUT2D eigenvalue weighted by atomic mass is 19.2. The molecule has 0 radical (unpaired) electrons. The molecular weight excluding hydrogens is 423 g/mol. The fraction of sp³-hybridized carbons (Fsp3) is 0.435. The molecule has 2 fully saturated rings. The quantitative estimate of drug-likeness (QED) is 0.545. The standard InChI is InChI=1S/C23H26F3N3O3/c1-13-5-8-17(16(25)9-13)28-21-14(6-7-15(24)20(21)26)22(31)29-11-23(32,12-29)10-27-18-3-2-4-19(18)30/h5-9,18-19,27-28,30,32H,2-4,10-12H2,1H3. The lowest BCUT2D eigenvalue weighted by Crippen LogP contribution is -2.68. The summed E-state index contributed by atoms with van der Waals surface area (Å²) < 4.78 is 42.7. The first-order valence-electron chi connectivity index (χ1n) is 10.6. The molecule has 4 N–H and O–H groups in total. The van der Waals surface area contributed by atoms with Crippen LogP contribution in [0.2, 0.25) is 0 Å². The maximum absolute atomic E-state index is 14.6. The number of rotatable bonds is 6. The lowest BCUT2D eigenvalue weighted by Gasteiger charge is -2.47. The van der Waals surface area contributed by atoms with E-state index in [1.807, 2.05) is 0 Å². The molecule has 0 spiro atoms. The number of benzene rings is 2. The Hall–Kier alpha value is -2.62. The molecule has 1 amide bonds. The van der Waals surface area contributed by atoms with Gasteiger partial charge in [0.25, 0.3) is 5.91 Å². The minimum atomic E-state index is -1.29. The van der Waals surface area contributed by atoms with Crippen LogP contribution in [0.1, 0.15) is 35.2 Å². The zero-order chi connectivity index (χ0) is 23.0. The molecule has 1 saturated heterocycles. The molecule has 2 aromatic carbocycles. The molecule has 2 aliphatic rings. The maximum Gasteiger partial charge on any atom is 0.256 e. The minimum absolute atomic E-state index is 0.00102. The van der Waals surface area contributed by atoms with Gasteiger partial charge in [-0.25, -0.2) is 13.2 Å². The first-order valence-corrected chi connectivity index (χ1v) is 10.6. The molecular formula is C23H26F3N3O3. The Morgan fingerprint density at radius 3 is 2.56 bits per heavy atom. The highest BCUT2D eigenvalue weighted by Gasteiger charge is 2.45. The summed E-state index contributed by atoms with van der Waals surface area (Å²) in [5.41, 5.74) is -1.23. The van der Waals surface area contributed by atoms with Gasteiger partial charge in [0.2, 0.25) is 0 Å². The van der Waals surface area contributed by atoms with E-state index in [0.717, 1.165) is 25.0 Å². The van der Waals surface area contributed by atoms with Gasteiger partial charge in [0.1, 0.15) is 11.4 Å². The molecule has 1 aliphatic heterocycles. The first kappa shape index (κ1) is 22.6. The van der Waals surface area contributed by atoms with Gasteiger partial charge >= 0.3 is 0 Å². The average molecular weight is 449 g/mol. The van der Waals surface area contributed by atoms with E-state index in [-0.39, 0.29) is 36.9 Å². The number of carbonyl (C=O) groups is 1. The minimum Gasteiger partial charge on any atom is -0.392 e. The van der Waals surface area contributed by atoms with Crippen LogP contribution < -0.4 is 10.6 Å². The van der Waals surface area contributed by atoms with Gasteiger partial charge in [0, 0.05) is 12.6 Å². The van der Waals surface area contributed by atoms with Gasteiger partial charge in [-0.2, -0.15) is 0 Å². The summed E-state index contributed by atoms with van der Waals surface area (Å²) in [5, 5.41) is 26.2. The van der Waals surface area contributed by atoms with Crippen LogP contribution >= 0.6 is 0 Å². The van der Waals surface area contributed by atoms with Crippen LogP contribution in [-0.4, -0.2) is 58.4 Å². The number of hydrogen-bond acceptors (Lipinski definition) is 5. The first-order chi connectivity index (χ1) is 15.2. The van der Waals surface area contributed by atoms with Crippen LogP contribution in [0.5, 0.6) is 0 Å². The smallest absolute Gasteiger partial charge is 0.256 e. The van der Waals surface area contributed by atoms with Gasteiger partial charge in [0.05, 0.1) is 36.1 Å². The van der Waals surface area contributed by atoms with E-state index in [1.54, 1.807) is 13.0 Å². The molecule has 6 nitrogen and oxygen atoms in total. The third-order valence-electron chi connectivity index (χ3n) is 6.14. The Kier molecular flexibility index (Phi) is 6.15. The van der Waals surface area contributed by atoms with Crippen molar-refractivity contribution in [3.8, 4) is 0 Å². The van der Waals surface area contributed by atoms with Crippen molar-refractivity contribution in [1.29, 1.82) is 0 Å². The summed E-state index contributed by atoms with van der Waals surface area (Å²) >= 11 is 0. The molecule has 1 heterocycles. The van der Waals surface area contributed by atoms with Gasteiger partial charge in [-0.15, -0.1) is 0 Å². The van der Waals surface area contributed by atoms with Crippen LogP contribution in [0.15, 0.2) is 30.3 Å². The van der Waals surface area contributed by atoms with Crippen LogP contribution in [0, 0.1) is 24.4 Å². The lowest BCUT2D eigenvalue weighted by molar-refractivity contribution is -0.0810. The van der Waals surface area contributed by atoms with Crippen LogP contribution in [0.25, 0.3) is 0 Å². The van der Waals surface area contributed by atoms with E-state index in [2.05, 4.69) is 10.6 Å². The topological polar surface area (TPSA) is 84.8 Å². The summed E-state index contributed by atoms with van der Waals surface area (Å²) in [4.78, 5) is 14.3. The SMILES string of the molecule is Cc1ccc(Nc2c(C(=O)N3CC(O)(CNC4CCCC4O)C3)ccc(F)c2F)c(F)c1. The number of aliphatic hydroxyl groups excluding tert-OH is 1. The number of nitrogens with one attached hydrogen (secondary N) is 2. The van der Waals surface area contributed by atoms with Crippen LogP contribution in [0.4, 0.5) is 24.5 Å². The number of likely N-dealkylation sites (tertiary alicyclic amines) is 1. The number of nitrogens with zero attached hydrogens (tertiary/aromatic N) is 1. The van der Waals surface area contributed by atoms with Gasteiger partial charge in [0.15, 0.2) is 11.6 Å². The molecule has 2 atom stereocenters. The van der Waals surface area contributed by atoms with Crippen molar-refractivity contribution >= 4 is 17.3 Å². The van der Waals surface area contributed by atoms with Crippen molar-refractivity contribution < 1.29 is 28.2 Å². The number of β-amino-alcohol motifs (C(OH)–C–C–N with tert-alkyl or cyclic N) is 1. The fourth-order valence-electron chi connectivity index (χ4n) is 4.30. The molecule has 9 heteroatoms.